The SMILES string of the molecule is CC(=O)Nc1ccc(S(=O)(=O)N(C)CC(=O)NCC(=O)O)cc1. The van der Waals surface area contributed by atoms with E-state index in [0.717, 1.165) is 4.31 Å². The molecular weight excluding hydrogens is 326 g/mol. The molecule has 0 heterocycles. The summed E-state index contributed by atoms with van der Waals surface area (Å²) < 4.78 is 25.4. The maximum Gasteiger partial charge on any atom is 0.322 e. The lowest BCUT2D eigenvalue weighted by atomic mass is 10.3. The van der Waals surface area contributed by atoms with Gasteiger partial charge in [-0.1, -0.05) is 0 Å². The molecule has 2 amide bonds. The summed E-state index contributed by atoms with van der Waals surface area (Å²) in [6.45, 7) is 0.232. The Kier molecular flexibility index (Phi) is 6.22. The van der Waals surface area contributed by atoms with E-state index in [4.69, 9.17) is 5.11 Å². The van der Waals surface area contributed by atoms with Gasteiger partial charge in [0.25, 0.3) is 0 Å². The lowest BCUT2D eigenvalue weighted by Gasteiger charge is -2.16. The average molecular weight is 343 g/mol. The summed E-state index contributed by atoms with van der Waals surface area (Å²) in [5, 5.41) is 13.0. The van der Waals surface area contributed by atoms with Crippen LogP contribution in [0.4, 0.5) is 5.69 Å². The van der Waals surface area contributed by atoms with Crippen LogP contribution in [-0.4, -0.2) is 55.8 Å². The summed E-state index contributed by atoms with van der Waals surface area (Å²) in [6, 6.07) is 5.44. The molecule has 1 aromatic rings. The number of nitrogens with zero attached hydrogens (tertiary/aromatic N) is 1. The fourth-order valence-corrected chi connectivity index (χ4v) is 2.74. The predicted molar refractivity (Wildman–Crippen MR) is 81.2 cm³/mol. The Bertz CT molecular complexity index is 699. The van der Waals surface area contributed by atoms with Crippen LogP contribution in [0.1, 0.15) is 6.92 Å². The number of nitrogens with one attached hydrogen (secondary N) is 2. The normalized spacial score (nSPS) is 11.1. The smallest absolute Gasteiger partial charge is 0.322 e. The molecule has 0 aromatic heterocycles. The van der Waals surface area contributed by atoms with E-state index in [9.17, 15) is 22.8 Å². The first kappa shape index (κ1) is 18.6. The zero-order valence-corrected chi connectivity index (χ0v) is 13.4. The molecule has 23 heavy (non-hydrogen) atoms. The van der Waals surface area contributed by atoms with Gasteiger partial charge in [-0.15, -0.1) is 0 Å². The van der Waals surface area contributed by atoms with Crippen molar-refractivity contribution in [3.05, 3.63) is 24.3 Å². The molecule has 0 saturated heterocycles. The highest BCUT2D eigenvalue weighted by molar-refractivity contribution is 7.89. The fourth-order valence-electron chi connectivity index (χ4n) is 1.61. The minimum absolute atomic E-state index is 0.0554. The van der Waals surface area contributed by atoms with Gasteiger partial charge in [0.05, 0.1) is 11.4 Å². The van der Waals surface area contributed by atoms with Crippen LogP contribution in [0.2, 0.25) is 0 Å². The first-order valence-electron chi connectivity index (χ1n) is 6.45. The molecule has 0 aliphatic heterocycles. The third kappa shape index (κ3) is 5.68. The van der Waals surface area contributed by atoms with Crippen molar-refractivity contribution in [2.75, 3.05) is 25.5 Å². The van der Waals surface area contributed by atoms with Crippen LogP contribution in [0.3, 0.4) is 0 Å². The predicted octanol–water partition coefficient (Wildman–Crippen LogP) is -0.534. The molecule has 1 rings (SSSR count). The number of hydrogen-bond donors (Lipinski definition) is 3. The molecule has 0 aliphatic rings. The monoisotopic (exact) mass is 343 g/mol. The van der Waals surface area contributed by atoms with Crippen LogP contribution in [0.25, 0.3) is 0 Å². The topological polar surface area (TPSA) is 133 Å². The number of rotatable bonds is 7. The quantitative estimate of drug-likeness (QED) is 0.609. The van der Waals surface area contributed by atoms with Crippen LogP contribution < -0.4 is 10.6 Å². The van der Waals surface area contributed by atoms with Crippen LogP contribution in [0.5, 0.6) is 0 Å². The molecular formula is C13H17N3O6S. The molecule has 0 saturated carbocycles. The number of anilines is 1. The Morgan fingerprint density at radius 2 is 1.74 bits per heavy atom. The first-order valence-corrected chi connectivity index (χ1v) is 7.89. The van der Waals surface area contributed by atoms with E-state index in [1.165, 1.54) is 38.2 Å². The average Bonchev–Trinajstić information content (AvgIpc) is 2.45. The molecule has 0 fully saturated rings. The molecule has 9 nitrogen and oxygen atoms in total. The Hall–Kier alpha value is -2.46. The van der Waals surface area contributed by atoms with E-state index in [1.54, 1.807) is 0 Å². The minimum Gasteiger partial charge on any atom is -0.480 e. The highest BCUT2D eigenvalue weighted by Gasteiger charge is 2.23. The summed E-state index contributed by atoms with van der Waals surface area (Å²) in [5.41, 5.74) is 0.443. The molecule has 0 aliphatic carbocycles. The molecule has 126 valence electrons. The lowest BCUT2D eigenvalue weighted by molar-refractivity contribution is -0.137. The third-order valence-electron chi connectivity index (χ3n) is 2.69. The van der Waals surface area contributed by atoms with Crippen molar-refractivity contribution in [1.82, 2.24) is 9.62 Å². The van der Waals surface area contributed by atoms with Gasteiger partial charge in [0.15, 0.2) is 0 Å². The molecule has 0 atom stereocenters. The Balaban J connectivity index is 2.78. The van der Waals surface area contributed by atoms with Gasteiger partial charge in [-0.2, -0.15) is 4.31 Å². The van der Waals surface area contributed by atoms with Crippen molar-refractivity contribution >= 4 is 33.5 Å². The number of carbonyl (C=O) groups excluding carboxylic acids is 2. The van der Waals surface area contributed by atoms with Gasteiger partial charge in [-0.25, -0.2) is 8.42 Å². The number of benzene rings is 1. The number of carboxylic acid groups (broad SMARTS) is 1. The summed E-state index contributed by atoms with van der Waals surface area (Å²) in [4.78, 5) is 32.7. The first-order chi connectivity index (χ1) is 10.6. The second-order valence-electron chi connectivity index (χ2n) is 4.64. The zero-order chi connectivity index (χ0) is 17.6. The molecule has 0 bridgehead atoms. The van der Waals surface area contributed by atoms with Crippen LogP contribution in [0, 0.1) is 0 Å². The van der Waals surface area contributed by atoms with Crippen molar-refractivity contribution in [3.63, 3.8) is 0 Å². The molecule has 0 spiro atoms. The third-order valence-corrected chi connectivity index (χ3v) is 4.50. The van der Waals surface area contributed by atoms with E-state index >= 15 is 0 Å². The lowest BCUT2D eigenvalue weighted by Crippen LogP contribution is -2.40. The number of aliphatic carboxylic acids is 1. The highest BCUT2D eigenvalue weighted by Crippen LogP contribution is 2.17. The summed E-state index contributed by atoms with van der Waals surface area (Å²) >= 11 is 0. The number of likely N-dealkylation sites (N-methyl/N-ethyl adjacent to an activating group) is 1. The zero-order valence-electron chi connectivity index (χ0n) is 12.6. The van der Waals surface area contributed by atoms with Gasteiger partial charge in [-0.05, 0) is 24.3 Å². The number of carboxylic acids is 1. The van der Waals surface area contributed by atoms with Gasteiger partial charge in [0, 0.05) is 19.7 Å². The van der Waals surface area contributed by atoms with E-state index in [-0.39, 0.29) is 10.8 Å². The van der Waals surface area contributed by atoms with Gasteiger partial charge < -0.3 is 15.7 Å². The second kappa shape index (κ2) is 7.70. The minimum atomic E-state index is -3.91. The number of carbonyl (C=O) groups is 3. The van der Waals surface area contributed by atoms with Crippen LogP contribution in [-0.2, 0) is 24.4 Å². The van der Waals surface area contributed by atoms with Crippen molar-refractivity contribution in [1.29, 1.82) is 0 Å². The second-order valence-corrected chi connectivity index (χ2v) is 6.68. The van der Waals surface area contributed by atoms with E-state index < -0.39 is 35.0 Å². The molecule has 3 N–H and O–H groups in total. The molecule has 0 unspecified atom stereocenters. The largest absolute Gasteiger partial charge is 0.480 e. The maximum atomic E-state index is 12.3. The summed E-state index contributed by atoms with van der Waals surface area (Å²) in [5.74, 6) is -2.24. The maximum absolute atomic E-state index is 12.3. The number of hydrogen-bond acceptors (Lipinski definition) is 5. The molecule has 10 heteroatoms. The van der Waals surface area contributed by atoms with Crippen molar-refractivity contribution in [2.24, 2.45) is 0 Å². The number of amides is 2. The highest BCUT2D eigenvalue weighted by atomic mass is 32.2. The molecule has 1 aromatic carbocycles. The van der Waals surface area contributed by atoms with Gasteiger partial charge >= 0.3 is 5.97 Å². The van der Waals surface area contributed by atoms with Gasteiger partial charge in [0.2, 0.25) is 21.8 Å². The Morgan fingerprint density at radius 3 is 2.22 bits per heavy atom. The van der Waals surface area contributed by atoms with Gasteiger partial charge in [-0.3, -0.25) is 14.4 Å². The Morgan fingerprint density at radius 1 is 1.17 bits per heavy atom. The summed E-state index contributed by atoms with van der Waals surface area (Å²) in [6.07, 6.45) is 0. The van der Waals surface area contributed by atoms with Crippen molar-refractivity contribution in [3.8, 4) is 0 Å². The van der Waals surface area contributed by atoms with Crippen LogP contribution >= 0.6 is 0 Å². The van der Waals surface area contributed by atoms with E-state index in [1.807, 2.05) is 0 Å². The Labute approximate surface area is 133 Å². The van der Waals surface area contributed by atoms with E-state index in [0.29, 0.717) is 5.69 Å². The van der Waals surface area contributed by atoms with Crippen molar-refractivity contribution < 1.29 is 27.9 Å². The summed E-state index contributed by atoms with van der Waals surface area (Å²) in [7, 11) is -2.70. The standard InChI is InChI=1S/C13H17N3O6S/c1-9(17)15-10-3-5-11(6-4-10)23(21,22)16(2)8-12(18)14-7-13(19)20/h3-6H,7-8H2,1-2H3,(H,14,18)(H,15,17)(H,19,20). The van der Waals surface area contributed by atoms with Gasteiger partial charge in [0.1, 0.15) is 6.54 Å². The fraction of sp³-hybridized carbons (Fsp3) is 0.308. The van der Waals surface area contributed by atoms with E-state index in [2.05, 4.69) is 10.6 Å². The number of sulfonamides is 1. The van der Waals surface area contributed by atoms with Crippen molar-refractivity contribution in [2.45, 2.75) is 11.8 Å². The molecule has 0 radical (unpaired) electrons. The van der Waals surface area contributed by atoms with Crippen LogP contribution in [0.15, 0.2) is 29.2 Å².